The molecule has 0 radical (unpaired) electrons. The monoisotopic (exact) mass is 465 g/mol. The van der Waals surface area contributed by atoms with E-state index in [1.165, 1.54) is 11.2 Å². The molecule has 1 aromatic heterocycles. The molecule has 2 heterocycles. The fourth-order valence-electron chi connectivity index (χ4n) is 4.95. The molecule has 1 aliphatic heterocycles. The Morgan fingerprint density at radius 1 is 1.00 bits per heavy atom. The highest BCUT2D eigenvalue weighted by Crippen LogP contribution is 2.33. The molecule has 0 bridgehead atoms. The van der Waals surface area contributed by atoms with Crippen molar-refractivity contribution in [3.8, 4) is 0 Å². The van der Waals surface area contributed by atoms with E-state index in [-0.39, 0.29) is 11.6 Å². The fraction of sp³-hybridized carbons (Fsp3) is 0.360. The molecular formula is C25H27N3O4S. The maximum atomic E-state index is 13.5. The number of H-pyrrole nitrogens is 1. The Kier molecular flexibility index (Phi) is 5.37. The van der Waals surface area contributed by atoms with Gasteiger partial charge in [-0.3, -0.25) is 9.59 Å². The molecule has 0 amide bonds. The third-order valence-corrected chi connectivity index (χ3v) is 8.82. The Labute approximate surface area is 193 Å². The van der Waals surface area contributed by atoms with E-state index in [0.717, 1.165) is 35.2 Å². The van der Waals surface area contributed by atoms with Gasteiger partial charge >= 0.3 is 0 Å². The normalized spacial score (nSPS) is 17.4. The molecule has 33 heavy (non-hydrogen) atoms. The van der Waals surface area contributed by atoms with E-state index in [9.17, 15) is 18.0 Å². The lowest BCUT2D eigenvalue weighted by Crippen LogP contribution is -2.48. The lowest BCUT2D eigenvalue weighted by molar-refractivity contribution is 0.0972. The number of piperazine rings is 1. The average molecular weight is 466 g/mol. The van der Waals surface area contributed by atoms with Gasteiger partial charge in [0, 0.05) is 66.0 Å². The highest BCUT2D eigenvalue weighted by molar-refractivity contribution is 7.89. The van der Waals surface area contributed by atoms with Crippen molar-refractivity contribution in [3.05, 3.63) is 58.8 Å². The minimum absolute atomic E-state index is 0.0251. The number of carbonyl (C=O) groups excluding carboxylic acids is 2. The van der Waals surface area contributed by atoms with Crippen molar-refractivity contribution < 1.29 is 18.0 Å². The number of Topliss-reactive ketones (excluding diaryl/α,β-unsaturated/α-hetero) is 2. The van der Waals surface area contributed by atoms with Crippen LogP contribution >= 0.6 is 0 Å². The molecule has 3 aromatic rings. The second kappa shape index (κ2) is 8.11. The summed E-state index contributed by atoms with van der Waals surface area (Å²) in [6, 6.07) is 11.0. The molecule has 0 spiro atoms. The number of aryl methyl sites for hydroxylation is 2. The number of nitrogens with zero attached hydrogens (tertiary/aromatic N) is 2. The van der Waals surface area contributed by atoms with E-state index >= 15 is 0 Å². The summed E-state index contributed by atoms with van der Waals surface area (Å²) in [6.07, 6.45) is 2.18. The van der Waals surface area contributed by atoms with E-state index in [1.54, 1.807) is 25.1 Å². The van der Waals surface area contributed by atoms with Gasteiger partial charge in [-0.05, 0) is 68.7 Å². The number of sulfonamides is 1. The predicted molar refractivity (Wildman–Crippen MR) is 128 cm³/mol. The first-order valence-corrected chi connectivity index (χ1v) is 12.7. The van der Waals surface area contributed by atoms with E-state index in [2.05, 4.69) is 9.88 Å². The van der Waals surface area contributed by atoms with Gasteiger partial charge < -0.3 is 9.88 Å². The summed E-state index contributed by atoms with van der Waals surface area (Å²) in [5.74, 6) is 0.155. The van der Waals surface area contributed by atoms with Gasteiger partial charge in [0.1, 0.15) is 0 Å². The van der Waals surface area contributed by atoms with Crippen LogP contribution in [0, 0.1) is 6.92 Å². The first-order chi connectivity index (χ1) is 15.8. The number of nitrogens with one attached hydrogen (secondary N) is 1. The van der Waals surface area contributed by atoms with Crippen molar-refractivity contribution in [2.45, 2.75) is 38.0 Å². The van der Waals surface area contributed by atoms with Crippen LogP contribution in [0.3, 0.4) is 0 Å². The number of carbonyl (C=O) groups is 2. The Morgan fingerprint density at radius 2 is 1.70 bits per heavy atom. The number of hydrogen-bond acceptors (Lipinski definition) is 5. The maximum absolute atomic E-state index is 13.5. The highest BCUT2D eigenvalue weighted by atomic mass is 32.2. The zero-order chi connectivity index (χ0) is 23.3. The molecule has 1 fully saturated rings. The van der Waals surface area contributed by atoms with Crippen LogP contribution in [0.25, 0.3) is 10.9 Å². The number of benzene rings is 2. The molecule has 5 rings (SSSR count). The minimum Gasteiger partial charge on any atom is -0.369 e. The number of fused-ring (bicyclic) bond motifs is 3. The Hall–Kier alpha value is -2.97. The van der Waals surface area contributed by atoms with Gasteiger partial charge in [-0.2, -0.15) is 4.31 Å². The quantitative estimate of drug-likeness (QED) is 0.593. The van der Waals surface area contributed by atoms with Gasteiger partial charge in [-0.15, -0.1) is 0 Å². The highest BCUT2D eigenvalue weighted by Gasteiger charge is 2.31. The summed E-state index contributed by atoms with van der Waals surface area (Å²) in [4.78, 5) is 29.7. The molecule has 1 aliphatic carbocycles. The average Bonchev–Trinajstić information content (AvgIpc) is 3.17. The van der Waals surface area contributed by atoms with Crippen molar-refractivity contribution in [2.75, 3.05) is 31.1 Å². The molecule has 172 valence electrons. The molecule has 0 unspecified atom stereocenters. The van der Waals surface area contributed by atoms with Crippen LogP contribution in [-0.2, 0) is 16.4 Å². The van der Waals surface area contributed by atoms with E-state index < -0.39 is 10.0 Å². The first kappa shape index (κ1) is 21.9. The van der Waals surface area contributed by atoms with E-state index in [1.807, 2.05) is 18.2 Å². The fourth-order valence-corrected chi connectivity index (χ4v) is 6.61. The SMILES string of the molecule is CC(=O)c1ccc(N2CCN(S(=O)(=O)c3cc4[nH]c5c(c4cc3C)C(=O)CCC5)CC2)cc1. The molecule has 8 heteroatoms. The summed E-state index contributed by atoms with van der Waals surface area (Å²) in [7, 11) is -3.67. The zero-order valence-electron chi connectivity index (χ0n) is 18.8. The number of rotatable bonds is 4. The second-order valence-electron chi connectivity index (χ2n) is 8.91. The smallest absolute Gasteiger partial charge is 0.243 e. The molecule has 1 saturated heterocycles. The van der Waals surface area contributed by atoms with Crippen LogP contribution in [0.15, 0.2) is 41.3 Å². The van der Waals surface area contributed by atoms with Gasteiger partial charge in [-0.25, -0.2) is 8.42 Å². The number of aromatic nitrogens is 1. The first-order valence-electron chi connectivity index (χ1n) is 11.3. The van der Waals surface area contributed by atoms with Crippen molar-refractivity contribution in [1.82, 2.24) is 9.29 Å². The van der Waals surface area contributed by atoms with Gasteiger partial charge in [-0.1, -0.05) is 0 Å². The third kappa shape index (κ3) is 3.77. The standard InChI is InChI=1S/C25H27N3O4S/c1-16-14-20-22(26-21-4-3-5-23(30)25(20)21)15-24(16)33(31,32)28-12-10-27(11-13-28)19-8-6-18(7-9-19)17(2)29/h6-9,14-15,26H,3-5,10-13H2,1-2H3. The number of anilines is 1. The van der Waals surface area contributed by atoms with Crippen LogP contribution < -0.4 is 4.90 Å². The van der Waals surface area contributed by atoms with Crippen LogP contribution in [0.5, 0.6) is 0 Å². The summed E-state index contributed by atoms with van der Waals surface area (Å²) in [5, 5.41) is 0.824. The predicted octanol–water partition coefficient (Wildman–Crippen LogP) is 3.71. The number of hydrogen-bond donors (Lipinski definition) is 1. The van der Waals surface area contributed by atoms with Crippen LogP contribution in [0.2, 0.25) is 0 Å². The van der Waals surface area contributed by atoms with Gasteiger partial charge in [0.2, 0.25) is 10.0 Å². The van der Waals surface area contributed by atoms with Crippen LogP contribution in [0.1, 0.15) is 51.7 Å². The van der Waals surface area contributed by atoms with E-state index in [0.29, 0.717) is 54.1 Å². The second-order valence-corrected chi connectivity index (χ2v) is 10.8. The summed E-state index contributed by atoms with van der Waals surface area (Å²) in [6.45, 7) is 5.25. The molecule has 0 saturated carbocycles. The van der Waals surface area contributed by atoms with E-state index in [4.69, 9.17) is 0 Å². The molecular weight excluding hydrogens is 438 g/mol. The lowest BCUT2D eigenvalue weighted by atomic mass is 9.94. The molecule has 2 aromatic carbocycles. The molecule has 2 aliphatic rings. The van der Waals surface area contributed by atoms with Gasteiger partial charge in [0.25, 0.3) is 0 Å². The van der Waals surface area contributed by atoms with Crippen LogP contribution in [0.4, 0.5) is 5.69 Å². The Morgan fingerprint density at radius 3 is 2.36 bits per heavy atom. The van der Waals surface area contributed by atoms with Gasteiger partial charge in [0.05, 0.1) is 4.90 Å². The molecule has 1 N–H and O–H groups in total. The third-order valence-electron chi connectivity index (χ3n) is 6.78. The topological polar surface area (TPSA) is 90.6 Å². The Balaban J connectivity index is 1.38. The minimum atomic E-state index is -3.67. The van der Waals surface area contributed by atoms with Gasteiger partial charge in [0.15, 0.2) is 11.6 Å². The van der Waals surface area contributed by atoms with Crippen molar-refractivity contribution in [3.63, 3.8) is 0 Å². The summed E-state index contributed by atoms with van der Waals surface area (Å²) >= 11 is 0. The molecule has 7 nitrogen and oxygen atoms in total. The summed E-state index contributed by atoms with van der Waals surface area (Å²) in [5.41, 5.74) is 4.66. The number of ketones is 2. The molecule has 0 atom stereocenters. The number of aromatic amines is 1. The lowest BCUT2D eigenvalue weighted by Gasteiger charge is -2.35. The maximum Gasteiger partial charge on any atom is 0.243 e. The van der Waals surface area contributed by atoms with Crippen molar-refractivity contribution >= 4 is 38.2 Å². The Bertz CT molecular complexity index is 1360. The zero-order valence-corrected chi connectivity index (χ0v) is 19.7. The van der Waals surface area contributed by atoms with Crippen LogP contribution in [-0.4, -0.2) is 55.5 Å². The largest absolute Gasteiger partial charge is 0.369 e. The van der Waals surface area contributed by atoms with Crippen molar-refractivity contribution in [2.24, 2.45) is 0 Å². The summed E-state index contributed by atoms with van der Waals surface area (Å²) < 4.78 is 28.6. The van der Waals surface area contributed by atoms with Crippen molar-refractivity contribution in [1.29, 1.82) is 0 Å².